The number of fused-ring (bicyclic) bond motifs is 1. The van der Waals surface area contributed by atoms with Crippen LogP contribution in [-0.4, -0.2) is 21.1 Å². The third kappa shape index (κ3) is 2.26. The number of aromatic nitrogens is 3. The molecule has 3 heterocycles. The van der Waals surface area contributed by atoms with E-state index in [2.05, 4.69) is 33.1 Å². The molecule has 0 aliphatic carbocycles. The molecule has 1 aliphatic rings. The van der Waals surface area contributed by atoms with E-state index >= 15 is 0 Å². The number of hydrogen-bond donors (Lipinski definition) is 1. The molecule has 120 valence electrons. The molecule has 0 amide bonds. The molecule has 1 fully saturated rings. The summed E-state index contributed by atoms with van der Waals surface area (Å²) in [5.74, 6) is 0. The molecule has 0 spiro atoms. The molecule has 3 aromatic rings. The maximum absolute atomic E-state index is 12.6. The van der Waals surface area contributed by atoms with Gasteiger partial charge in [-0.15, -0.1) is 0 Å². The molecule has 6 nitrogen and oxygen atoms in total. The maximum atomic E-state index is 12.6. The zero-order valence-corrected chi connectivity index (χ0v) is 13.1. The molecule has 4 rings (SSSR count). The van der Waals surface area contributed by atoms with E-state index < -0.39 is 0 Å². The summed E-state index contributed by atoms with van der Waals surface area (Å²) in [5, 5.41) is 9.39. The van der Waals surface area contributed by atoms with Gasteiger partial charge in [0.2, 0.25) is 0 Å². The van der Waals surface area contributed by atoms with Crippen LogP contribution in [0.5, 0.6) is 0 Å². The fourth-order valence-corrected chi connectivity index (χ4v) is 3.52. The van der Waals surface area contributed by atoms with Gasteiger partial charge in [0.15, 0.2) is 5.65 Å². The number of hydrogen-bond acceptors (Lipinski definition) is 4. The average molecular weight is 319 g/mol. The first kappa shape index (κ1) is 14.5. The van der Waals surface area contributed by atoms with Gasteiger partial charge < -0.3 is 9.88 Å². The molecular formula is C18H17N5O. The summed E-state index contributed by atoms with van der Waals surface area (Å²) in [5.41, 5.74) is 2.54. The lowest BCUT2D eigenvalue weighted by Crippen LogP contribution is -2.41. The van der Waals surface area contributed by atoms with Gasteiger partial charge in [-0.25, -0.2) is 4.98 Å². The van der Waals surface area contributed by atoms with Crippen LogP contribution >= 0.6 is 0 Å². The minimum absolute atomic E-state index is 0.109. The van der Waals surface area contributed by atoms with Gasteiger partial charge in [-0.3, -0.25) is 9.36 Å². The molecule has 1 unspecified atom stereocenters. The van der Waals surface area contributed by atoms with Crippen molar-refractivity contribution >= 4 is 16.9 Å². The topological polar surface area (TPSA) is 77.7 Å². The summed E-state index contributed by atoms with van der Waals surface area (Å²) in [6.45, 7) is 0.886. The number of piperidine rings is 1. The van der Waals surface area contributed by atoms with Gasteiger partial charge in [0.1, 0.15) is 17.8 Å². The van der Waals surface area contributed by atoms with Crippen LogP contribution in [0.4, 0.5) is 5.69 Å². The summed E-state index contributed by atoms with van der Waals surface area (Å²) < 4.78 is 1.73. The van der Waals surface area contributed by atoms with Gasteiger partial charge in [0.25, 0.3) is 5.56 Å². The number of para-hydroxylation sites is 1. The van der Waals surface area contributed by atoms with Crippen LogP contribution < -0.4 is 10.5 Å². The molecule has 1 N–H and O–H groups in total. The fourth-order valence-electron chi connectivity index (χ4n) is 3.52. The second-order valence-electron chi connectivity index (χ2n) is 5.98. The van der Waals surface area contributed by atoms with Gasteiger partial charge in [-0.2, -0.15) is 5.26 Å². The van der Waals surface area contributed by atoms with Crippen molar-refractivity contribution in [1.29, 1.82) is 5.26 Å². The highest BCUT2D eigenvalue weighted by molar-refractivity contribution is 5.78. The molecule has 0 saturated carbocycles. The molecule has 0 bridgehead atoms. The number of benzene rings is 1. The standard InChI is InChI=1S/C18H17N5O/c19-10-13-11-20-18-17(13)23(16(24)12-21-18)15-8-4-5-9-22(15)14-6-2-1-3-7-14/h1-3,6-7,11-12,15,20H,4-5,8-9H2. The minimum atomic E-state index is -0.175. The van der Waals surface area contributed by atoms with Crippen molar-refractivity contribution in [3.05, 3.63) is 58.6 Å². The van der Waals surface area contributed by atoms with Crippen molar-refractivity contribution in [2.75, 3.05) is 11.4 Å². The van der Waals surface area contributed by atoms with Crippen molar-refractivity contribution in [2.45, 2.75) is 25.4 Å². The number of nitrogens with zero attached hydrogens (tertiary/aromatic N) is 4. The Kier molecular flexibility index (Phi) is 3.54. The van der Waals surface area contributed by atoms with E-state index in [4.69, 9.17) is 0 Å². The van der Waals surface area contributed by atoms with E-state index in [0.29, 0.717) is 16.7 Å². The number of nitrogens with one attached hydrogen (secondary N) is 1. The maximum Gasteiger partial charge on any atom is 0.271 e. The minimum Gasteiger partial charge on any atom is -0.351 e. The van der Waals surface area contributed by atoms with Crippen molar-refractivity contribution < 1.29 is 0 Å². The highest BCUT2D eigenvalue weighted by Gasteiger charge is 2.27. The molecule has 1 atom stereocenters. The predicted octanol–water partition coefficient (Wildman–Crippen LogP) is 2.79. The van der Waals surface area contributed by atoms with Crippen LogP contribution in [0.3, 0.4) is 0 Å². The van der Waals surface area contributed by atoms with E-state index in [9.17, 15) is 10.1 Å². The van der Waals surface area contributed by atoms with Crippen LogP contribution in [0.15, 0.2) is 47.5 Å². The summed E-state index contributed by atoms with van der Waals surface area (Å²) in [6, 6.07) is 12.3. The lowest BCUT2D eigenvalue weighted by atomic mass is 10.1. The quantitative estimate of drug-likeness (QED) is 0.788. The molecule has 0 radical (unpaired) electrons. The summed E-state index contributed by atoms with van der Waals surface area (Å²) in [7, 11) is 0. The SMILES string of the molecule is N#Cc1c[nH]c2ncc(=O)n(C3CCCCN3c3ccccc3)c12. The van der Waals surface area contributed by atoms with Gasteiger partial charge >= 0.3 is 0 Å². The van der Waals surface area contributed by atoms with E-state index in [0.717, 1.165) is 31.5 Å². The first-order valence-corrected chi connectivity index (χ1v) is 8.10. The van der Waals surface area contributed by atoms with Crippen molar-refractivity contribution in [1.82, 2.24) is 14.5 Å². The number of aromatic amines is 1. The molecule has 2 aromatic heterocycles. The Morgan fingerprint density at radius 1 is 1.25 bits per heavy atom. The van der Waals surface area contributed by atoms with Gasteiger partial charge in [0, 0.05) is 18.4 Å². The number of H-pyrrole nitrogens is 1. The van der Waals surface area contributed by atoms with Crippen LogP contribution in [0, 0.1) is 11.3 Å². The second kappa shape index (κ2) is 5.85. The summed E-state index contributed by atoms with van der Waals surface area (Å²) >= 11 is 0. The van der Waals surface area contributed by atoms with Crippen LogP contribution in [0.1, 0.15) is 31.0 Å². The van der Waals surface area contributed by atoms with Crippen LogP contribution in [-0.2, 0) is 0 Å². The van der Waals surface area contributed by atoms with Crippen molar-refractivity contribution in [3.8, 4) is 6.07 Å². The average Bonchev–Trinajstić information content (AvgIpc) is 3.05. The van der Waals surface area contributed by atoms with Crippen LogP contribution in [0.25, 0.3) is 11.2 Å². The molecule has 1 saturated heterocycles. The predicted molar refractivity (Wildman–Crippen MR) is 91.7 cm³/mol. The van der Waals surface area contributed by atoms with E-state index in [-0.39, 0.29) is 11.7 Å². The molecule has 6 heteroatoms. The summed E-state index contributed by atoms with van der Waals surface area (Å²) in [4.78, 5) is 22.0. The Balaban J connectivity index is 1.92. The second-order valence-corrected chi connectivity index (χ2v) is 5.98. The molecule has 1 aliphatic heterocycles. The third-order valence-electron chi connectivity index (χ3n) is 4.59. The van der Waals surface area contributed by atoms with Crippen LogP contribution in [0.2, 0.25) is 0 Å². The molecule has 1 aromatic carbocycles. The lowest BCUT2D eigenvalue weighted by Gasteiger charge is -2.38. The highest BCUT2D eigenvalue weighted by Crippen LogP contribution is 2.32. The fraction of sp³-hybridized carbons (Fsp3) is 0.278. The Morgan fingerprint density at radius 3 is 2.88 bits per heavy atom. The van der Waals surface area contributed by atoms with E-state index in [1.807, 2.05) is 18.2 Å². The highest BCUT2D eigenvalue weighted by atomic mass is 16.1. The van der Waals surface area contributed by atoms with Gasteiger partial charge in [0.05, 0.1) is 11.8 Å². The first-order chi connectivity index (χ1) is 11.8. The van der Waals surface area contributed by atoms with Crippen molar-refractivity contribution in [3.63, 3.8) is 0 Å². The number of anilines is 1. The number of rotatable bonds is 2. The van der Waals surface area contributed by atoms with E-state index in [1.54, 1.807) is 10.8 Å². The largest absolute Gasteiger partial charge is 0.351 e. The lowest BCUT2D eigenvalue weighted by molar-refractivity contribution is 0.375. The Bertz CT molecular complexity index is 966. The third-order valence-corrected chi connectivity index (χ3v) is 4.59. The van der Waals surface area contributed by atoms with Gasteiger partial charge in [-0.1, -0.05) is 18.2 Å². The Morgan fingerprint density at radius 2 is 2.08 bits per heavy atom. The zero-order valence-electron chi connectivity index (χ0n) is 13.1. The normalized spacial score (nSPS) is 17.8. The first-order valence-electron chi connectivity index (χ1n) is 8.10. The Hall–Kier alpha value is -3.07. The molecule has 24 heavy (non-hydrogen) atoms. The van der Waals surface area contributed by atoms with E-state index in [1.165, 1.54) is 6.20 Å². The smallest absolute Gasteiger partial charge is 0.271 e. The summed E-state index contributed by atoms with van der Waals surface area (Å²) in [6.07, 6.45) is 5.84. The molecular weight excluding hydrogens is 302 g/mol. The Labute approximate surface area is 139 Å². The number of nitriles is 1. The zero-order chi connectivity index (χ0) is 16.5. The van der Waals surface area contributed by atoms with Gasteiger partial charge in [-0.05, 0) is 31.4 Å². The van der Waals surface area contributed by atoms with Crippen molar-refractivity contribution in [2.24, 2.45) is 0 Å². The monoisotopic (exact) mass is 319 g/mol.